The number of rotatable bonds is 6. The van der Waals surface area contributed by atoms with Crippen LogP contribution < -0.4 is 4.74 Å². The van der Waals surface area contributed by atoms with Crippen LogP contribution in [0.2, 0.25) is 0 Å². The SMILES string of the molecule is Cc1c(Br)cccc1OC1CCC(OC[C@@H](C)C=O)CC1. The van der Waals surface area contributed by atoms with E-state index in [1.165, 1.54) is 0 Å². The van der Waals surface area contributed by atoms with Crippen LogP contribution in [0.5, 0.6) is 5.75 Å². The monoisotopic (exact) mass is 354 g/mol. The summed E-state index contributed by atoms with van der Waals surface area (Å²) < 4.78 is 13.0. The molecule has 0 heterocycles. The Morgan fingerprint density at radius 1 is 1.29 bits per heavy atom. The van der Waals surface area contributed by atoms with E-state index in [4.69, 9.17) is 9.47 Å². The molecule has 1 aliphatic carbocycles. The van der Waals surface area contributed by atoms with Gasteiger partial charge in [-0.15, -0.1) is 0 Å². The van der Waals surface area contributed by atoms with Gasteiger partial charge in [-0.2, -0.15) is 0 Å². The van der Waals surface area contributed by atoms with Crippen LogP contribution in [0.15, 0.2) is 22.7 Å². The summed E-state index contributed by atoms with van der Waals surface area (Å²) in [5.41, 5.74) is 1.15. The standard InChI is InChI=1S/C17H23BrO3/c1-12(10-19)11-20-14-6-8-15(9-7-14)21-17-5-3-4-16(18)13(17)2/h3-5,10,12,14-15H,6-9,11H2,1-2H3/t12-,14?,15?/m0/s1. The molecule has 1 aliphatic rings. The summed E-state index contributed by atoms with van der Waals surface area (Å²) in [7, 11) is 0. The first-order valence-corrected chi connectivity index (χ1v) is 8.38. The van der Waals surface area contributed by atoms with Gasteiger partial charge in [-0.05, 0) is 44.7 Å². The summed E-state index contributed by atoms with van der Waals surface area (Å²) in [5, 5.41) is 0. The van der Waals surface area contributed by atoms with Gasteiger partial charge in [-0.25, -0.2) is 0 Å². The van der Waals surface area contributed by atoms with E-state index in [1.807, 2.05) is 25.1 Å². The fourth-order valence-electron chi connectivity index (χ4n) is 2.54. The minimum Gasteiger partial charge on any atom is -0.490 e. The molecule has 1 atom stereocenters. The number of halogens is 1. The van der Waals surface area contributed by atoms with E-state index in [-0.39, 0.29) is 18.1 Å². The molecule has 1 aromatic carbocycles. The number of hydrogen-bond acceptors (Lipinski definition) is 3. The Bertz CT molecular complexity index is 467. The van der Waals surface area contributed by atoms with Crippen molar-refractivity contribution in [3.05, 3.63) is 28.2 Å². The Hall–Kier alpha value is -0.870. The van der Waals surface area contributed by atoms with Crippen molar-refractivity contribution < 1.29 is 14.3 Å². The molecule has 116 valence electrons. The second-order valence-corrected chi connectivity index (χ2v) is 6.68. The van der Waals surface area contributed by atoms with Crippen LogP contribution in [0.25, 0.3) is 0 Å². The average Bonchev–Trinajstić information content (AvgIpc) is 2.51. The fourth-order valence-corrected chi connectivity index (χ4v) is 2.89. The first-order valence-electron chi connectivity index (χ1n) is 7.58. The highest BCUT2D eigenvalue weighted by Gasteiger charge is 2.23. The predicted octanol–water partition coefficient (Wildman–Crippen LogP) is 4.30. The molecule has 1 aromatic rings. The molecule has 21 heavy (non-hydrogen) atoms. The van der Waals surface area contributed by atoms with Gasteiger partial charge in [0.15, 0.2) is 0 Å². The van der Waals surface area contributed by atoms with E-state index >= 15 is 0 Å². The van der Waals surface area contributed by atoms with Gasteiger partial charge in [-0.3, -0.25) is 0 Å². The van der Waals surface area contributed by atoms with Crippen molar-refractivity contribution in [2.24, 2.45) is 5.92 Å². The van der Waals surface area contributed by atoms with Crippen molar-refractivity contribution in [1.82, 2.24) is 0 Å². The lowest BCUT2D eigenvalue weighted by Gasteiger charge is -2.29. The number of ether oxygens (including phenoxy) is 2. The summed E-state index contributed by atoms with van der Waals surface area (Å²) in [4.78, 5) is 10.6. The van der Waals surface area contributed by atoms with Crippen LogP contribution in [0, 0.1) is 12.8 Å². The molecule has 3 nitrogen and oxygen atoms in total. The molecule has 0 spiro atoms. The van der Waals surface area contributed by atoms with E-state index < -0.39 is 0 Å². The normalized spacial score (nSPS) is 23.6. The van der Waals surface area contributed by atoms with Gasteiger partial charge in [0.1, 0.15) is 12.0 Å². The van der Waals surface area contributed by atoms with Gasteiger partial charge in [0.25, 0.3) is 0 Å². The molecular weight excluding hydrogens is 332 g/mol. The Morgan fingerprint density at radius 2 is 1.95 bits per heavy atom. The Balaban J connectivity index is 1.79. The minimum atomic E-state index is -0.0108. The van der Waals surface area contributed by atoms with Crippen LogP contribution in [0.3, 0.4) is 0 Å². The third-order valence-corrected chi connectivity index (χ3v) is 4.82. The Labute approximate surface area is 135 Å². The smallest absolute Gasteiger partial charge is 0.125 e. The van der Waals surface area contributed by atoms with E-state index in [0.717, 1.165) is 47.8 Å². The third kappa shape index (κ3) is 4.82. The van der Waals surface area contributed by atoms with Crippen molar-refractivity contribution in [3.63, 3.8) is 0 Å². The maximum Gasteiger partial charge on any atom is 0.125 e. The highest BCUT2D eigenvalue weighted by Crippen LogP contribution is 2.30. The van der Waals surface area contributed by atoms with Crippen LogP contribution in [0.4, 0.5) is 0 Å². The average molecular weight is 355 g/mol. The quantitative estimate of drug-likeness (QED) is 0.714. The predicted molar refractivity (Wildman–Crippen MR) is 86.7 cm³/mol. The zero-order valence-corrected chi connectivity index (χ0v) is 14.3. The topological polar surface area (TPSA) is 35.5 Å². The summed E-state index contributed by atoms with van der Waals surface area (Å²) in [6, 6.07) is 6.05. The highest BCUT2D eigenvalue weighted by molar-refractivity contribution is 9.10. The molecule has 0 aromatic heterocycles. The second-order valence-electron chi connectivity index (χ2n) is 5.83. The Kier molecular flexibility index (Phi) is 6.24. The maximum atomic E-state index is 10.6. The minimum absolute atomic E-state index is 0.0108. The lowest BCUT2D eigenvalue weighted by atomic mass is 9.94. The zero-order chi connectivity index (χ0) is 15.2. The number of aldehydes is 1. The van der Waals surface area contributed by atoms with Crippen molar-refractivity contribution in [2.45, 2.75) is 51.7 Å². The van der Waals surface area contributed by atoms with E-state index in [1.54, 1.807) is 0 Å². The molecule has 0 aliphatic heterocycles. The zero-order valence-electron chi connectivity index (χ0n) is 12.7. The lowest BCUT2D eigenvalue weighted by molar-refractivity contribution is -0.113. The van der Waals surface area contributed by atoms with E-state index in [2.05, 4.69) is 22.9 Å². The van der Waals surface area contributed by atoms with E-state index in [9.17, 15) is 4.79 Å². The van der Waals surface area contributed by atoms with Crippen molar-refractivity contribution in [2.75, 3.05) is 6.61 Å². The van der Waals surface area contributed by atoms with Gasteiger partial charge in [0.2, 0.25) is 0 Å². The number of hydrogen-bond donors (Lipinski definition) is 0. The maximum absolute atomic E-state index is 10.6. The first kappa shape index (κ1) is 16.5. The number of carbonyl (C=O) groups is 1. The molecule has 0 N–H and O–H groups in total. The largest absolute Gasteiger partial charge is 0.490 e. The fraction of sp³-hybridized carbons (Fsp3) is 0.588. The molecule has 4 heteroatoms. The third-order valence-electron chi connectivity index (χ3n) is 3.96. The summed E-state index contributed by atoms with van der Waals surface area (Å²) in [6.45, 7) is 4.48. The molecule has 1 fully saturated rings. The molecular formula is C17H23BrO3. The van der Waals surface area contributed by atoms with Gasteiger partial charge < -0.3 is 14.3 Å². The molecule has 2 rings (SSSR count). The molecule has 0 radical (unpaired) electrons. The van der Waals surface area contributed by atoms with Gasteiger partial charge in [0, 0.05) is 16.0 Å². The summed E-state index contributed by atoms with van der Waals surface area (Å²) in [5.74, 6) is 0.951. The number of benzene rings is 1. The van der Waals surface area contributed by atoms with Crippen LogP contribution in [-0.2, 0) is 9.53 Å². The van der Waals surface area contributed by atoms with Gasteiger partial charge in [0.05, 0.1) is 18.8 Å². The van der Waals surface area contributed by atoms with Crippen molar-refractivity contribution >= 4 is 22.2 Å². The molecule has 0 unspecified atom stereocenters. The van der Waals surface area contributed by atoms with Crippen LogP contribution in [-0.4, -0.2) is 25.1 Å². The molecule has 1 saturated carbocycles. The first-order chi connectivity index (χ1) is 10.1. The number of carbonyl (C=O) groups excluding carboxylic acids is 1. The highest BCUT2D eigenvalue weighted by atomic mass is 79.9. The van der Waals surface area contributed by atoms with Crippen LogP contribution >= 0.6 is 15.9 Å². The molecule has 0 amide bonds. The Morgan fingerprint density at radius 3 is 2.62 bits per heavy atom. The lowest BCUT2D eigenvalue weighted by Crippen LogP contribution is -2.29. The van der Waals surface area contributed by atoms with Gasteiger partial charge in [-0.1, -0.05) is 28.9 Å². The molecule has 0 saturated heterocycles. The van der Waals surface area contributed by atoms with Gasteiger partial charge >= 0.3 is 0 Å². The summed E-state index contributed by atoms with van der Waals surface area (Å²) >= 11 is 3.53. The second kappa shape index (κ2) is 7.95. The van der Waals surface area contributed by atoms with Crippen molar-refractivity contribution in [1.29, 1.82) is 0 Å². The van der Waals surface area contributed by atoms with Crippen molar-refractivity contribution in [3.8, 4) is 5.75 Å². The van der Waals surface area contributed by atoms with Crippen LogP contribution in [0.1, 0.15) is 38.2 Å². The van der Waals surface area contributed by atoms with E-state index in [0.29, 0.717) is 6.61 Å². The molecule has 0 bridgehead atoms. The summed E-state index contributed by atoms with van der Waals surface area (Å²) in [6.07, 6.45) is 5.51.